The lowest BCUT2D eigenvalue weighted by atomic mass is 9.97. The van der Waals surface area contributed by atoms with E-state index >= 15 is 0 Å². The number of rotatable bonds is 4. The van der Waals surface area contributed by atoms with Gasteiger partial charge in [-0.15, -0.1) is 0 Å². The van der Waals surface area contributed by atoms with Gasteiger partial charge in [-0.2, -0.15) is 5.26 Å². The number of nitrogens with zero attached hydrogens (tertiary/aromatic N) is 2. The fourth-order valence-corrected chi connectivity index (χ4v) is 2.53. The molecule has 1 aliphatic heterocycles. The summed E-state index contributed by atoms with van der Waals surface area (Å²) in [5.74, 6) is 0.304. The molecule has 3 heteroatoms. The summed E-state index contributed by atoms with van der Waals surface area (Å²) < 4.78 is 5.27. The predicted molar refractivity (Wildman–Crippen MR) is 81.0 cm³/mol. The van der Waals surface area contributed by atoms with Crippen LogP contribution in [0.2, 0.25) is 0 Å². The van der Waals surface area contributed by atoms with E-state index in [0.717, 1.165) is 32.5 Å². The van der Waals surface area contributed by atoms with Gasteiger partial charge < -0.3 is 9.64 Å². The van der Waals surface area contributed by atoms with E-state index in [1.54, 1.807) is 7.11 Å². The second-order valence-electron chi connectivity index (χ2n) is 5.11. The minimum Gasteiger partial charge on any atom is -0.384 e. The number of piperidine rings is 1. The Bertz CT molecular complexity index is 248. The number of hydrogen-bond donors (Lipinski definition) is 0. The maximum atomic E-state index is 8.82. The second kappa shape index (κ2) is 10.2. The van der Waals surface area contributed by atoms with Crippen molar-refractivity contribution in [2.45, 2.75) is 53.4 Å². The van der Waals surface area contributed by atoms with Crippen LogP contribution >= 0.6 is 0 Å². The molecule has 0 aromatic heterocycles. The van der Waals surface area contributed by atoms with Gasteiger partial charge in [-0.3, -0.25) is 0 Å². The molecule has 0 unspecified atom stereocenters. The number of ether oxygens (including phenoxy) is 1. The smallest absolute Gasteiger partial charge is 0.0656 e. The van der Waals surface area contributed by atoms with E-state index in [0.29, 0.717) is 11.3 Å². The van der Waals surface area contributed by atoms with E-state index < -0.39 is 0 Å². The number of likely N-dealkylation sites (tertiary alicyclic amines) is 1. The van der Waals surface area contributed by atoms with Crippen molar-refractivity contribution in [2.75, 3.05) is 33.4 Å². The molecule has 2 fully saturated rings. The summed E-state index contributed by atoms with van der Waals surface area (Å²) in [6.07, 6.45) is 4.75. The maximum absolute atomic E-state index is 8.82. The Morgan fingerprint density at radius 1 is 1.16 bits per heavy atom. The maximum Gasteiger partial charge on any atom is 0.0656 e. The largest absolute Gasteiger partial charge is 0.384 e. The fraction of sp³-hybridized carbons (Fsp3) is 0.938. The molecule has 2 rings (SSSR count). The molecule has 19 heavy (non-hydrogen) atoms. The van der Waals surface area contributed by atoms with Crippen LogP contribution in [0.3, 0.4) is 0 Å². The Kier molecular flexibility index (Phi) is 9.91. The number of hydrogen-bond acceptors (Lipinski definition) is 3. The number of methoxy groups -OCH3 is 1. The predicted octanol–water partition coefficient (Wildman–Crippen LogP) is 3.70. The van der Waals surface area contributed by atoms with Crippen LogP contribution in [0.5, 0.6) is 0 Å². The van der Waals surface area contributed by atoms with E-state index in [2.05, 4.69) is 11.0 Å². The summed E-state index contributed by atoms with van der Waals surface area (Å²) >= 11 is 0. The van der Waals surface area contributed by atoms with Crippen molar-refractivity contribution in [3.63, 3.8) is 0 Å². The summed E-state index contributed by atoms with van der Waals surface area (Å²) in [5.41, 5.74) is 0.466. The third-order valence-electron chi connectivity index (χ3n) is 3.74. The lowest BCUT2D eigenvalue weighted by Gasteiger charge is -2.32. The molecule has 0 spiro atoms. The molecule has 0 N–H and O–H groups in total. The quantitative estimate of drug-likeness (QED) is 0.780. The van der Waals surface area contributed by atoms with Crippen LogP contribution in [0.15, 0.2) is 0 Å². The van der Waals surface area contributed by atoms with Crippen molar-refractivity contribution in [3.05, 3.63) is 0 Å². The Morgan fingerprint density at radius 3 is 2.05 bits per heavy atom. The highest BCUT2D eigenvalue weighted by atomic mass is 16.5. The van der Waals surface area contributed by atoms with Crippen LogP contribution < -0.4 is 0 Å². The van der Waals surface area contributed by atoms with Crippen molar-refractivity contribution in [1.82, 2.24) is 4.90 Å². The molecule has 0 bridgehead atoms. The van der Waals surface area contributed by atoms with Gasteiger partial charge in [-0.1, -0.05) is 27.7 Å². The fourth-order valence-electron chi connectivity index (χ4n) is 2.53. The summed E-state index contributed by atoms with van der Waals surface area (Å²) in [7, 11) is 1.79. The standard InChI is InChI=1S/C12H20N2O.2C2H6/c1-15-10-12(4-5-12)9-14-6-2-11(8-13)3-7-14;2*1-2/h11H,2-7,9-10H2,1H3;2*1-2H3. The van der Waals surface area contributed by atoms with Gasteiger partial charge >= 0.3 is 0 Å². The zero-order valence-electron chi connectivity index (χ0n) is 13.5. The lowest BCUT2D eigenvalue weighted by molar-refractivity contribution is 0.0955. The summed E-state index contributed by atoms with van der Waals surface area (Å²) in [5, 5.41) is 8.82. The summed E-state index contributed by atoms with van der Waals surface area (Å²) in [6.45, 7) is 12.3. The Balaban J connectivity index is 0.000000741. The first kappa shape index (κ1) is 18.4. The van der Waals surface area contributed by atoms with Gasteiger partial charge in [0, 0.05) is 25.0 Å². The summed E-state index contributed by atoms with van der Waals surface area (Å²) in [6, 6.07) is 2.38. The first-order valence-electron chi connectivity index (χ1n) is 7.89. The second-order valence-corrected chi connectivity index (χ2v) is 5.11. The van der Waals surface area contributed by atoms with Gasteiger partial charge in [0.2, 0.25) is 0 Å². The zero-order chi connectivity index (χ0) is 14.7. The Labute approximate surface area is 119 Å². The highest BCUT2D eigenvalue weighted by Crippen LogP contribution is 2.46. The van der Waals surface area contributed by atoms with Crippen molar-refractivity contribution < 1.29 is 4.74 Å². The average molecular weight is 268 g/mol. The molecular weight excluding hydrogens is 236 g/mol. The van der Waals surface area contributed by atoms with Crippen molar-refractivity contribution >= 4 is 0 Å². The highest BCUT2D eigenvalue weighted by Gasteiger charge is 2.44. The van der Waals surface area contributed by atoms with Crippen LogP contribution in [0.25, 0.3) is 0 Å². The molecule has 1 saturated carbocycles. The molecule has 0 aromatic rings. The summed E-state index contributed by atoms with van der Waals surface area (Å²) in [4.78, 5) is 2.51. The zero-order valence-corrected chi connectivity index (χ0v) is 13.5. The van der Waals surface area contributed by atoms with Gasteiger partial charge in [0.1, 0.15) is 0 Å². The van der Waals surface area contributed by atoms with Crippen molar-refractivity contribution in [2.24, 2.45) is 11.3 Å². The number of nitriles is 1. The van der Waals surface area contributed by atoms with Gasteiger partial charge in [0.15, 0.2) is 0 Å². The minimum absolute atomic E-state index is 0.304. The van der Waals surface area contributed by atoms with Crippen LogP contribution in [-0.2, 0) is 4.74 Å². The molecule has 0 aromatic carbocycles. The lowest BCUT2D eigenvalue weighted by Crippen LogP contribution is -2.38. The normalized spacial score (nSPS) is 21.3. The van der Waals surface area contributed by atoms with Crippen LogP contribution in [0.4, 0.5) is 0 Å². The van der Waals surface area contributed by atoms with Crippen molar-refractivity contribution in [3.8, 4) is 6.07 Å². The van der Waals surface area contributed by atoms with Crippen molar-refractivity contribution in [1.29, 1.82) is 5.26 Å². The molecule has 1 saturated heterocycles. The topological polar surface area (TPSA) is 36.3 Å². The molecule has 0 atom stereocenters. The van der Waals surface area contributed by atoms with E-state index in [1.807, 2.05) is 27.7 Å². The molecule has 3 nitrogen and oxygen atoms in total. The van der Waals surface area contributed by atoms with Gasteiger partial charge in [-0.05, 0) is 38.8 Å². The van der Waals surface area contributed by atoms with E-state index in [-0.39, 0.29) is 0 Å². The van der Waals surface area contributed by atoms with Gasteiger partial charge in [0.25, 0.3) is 0 Å². The SMILES string of the molecule is CC.CC.COCC1(CN2CCC(C#N)CC2)CC1. The molecule has 1 heterocycles. The molecule has 2 aliphatic rings. The molecular formula is C16H32N2O. The monoisotopic (exact) mass is 268 g/mol. The van der Waals surface area contributed by atoms with Crippen LogP contribution in [0.1, 0.15) is 53.4 Å². The first-order valence-corrected chi connectivity index (χ1v) is 7.89. The van der Waals surface area contributed by atoms with E-state index in [9.17, 15) is 0 Å². The Hall–Kier alpha value is -0.590. The molecule has 1 aliphatic carbocycles. The van der Waals surface area contributed by atoms with Crippen LogP contribution in [0, 0.1) is 22.7 Å². The molecule has 0 radical (unpaired) electrons. The average Bonchev–Trinajstić information content (AvgIpc) is 3.24. The van der Waals surface area contributed by atoms with Gasteiger partial charge in [0.05, 0.1) is 12.7 Å². The first-order chi connectivity index (χ1) is 9.28. The molecule has 0 amide bonds. The minimum atomic E-state index is 0.304. The third kappa shape index (κ3) is 6.40. The van der Waals surface area contributed by atoms with Gasteiger partial charge in [-0.25, -0.2) is 0 Å². The highest BCUT2D eigenvalue weighted by molar-refractivity contribution is 4.97. The molecule has 112 valence electrons. The van der Waals surface area contributed by atoms with E-state index in [1.165, 1.54) is 19.4 Å². The third-order valence-corrected chi connectivity index (χ3v) is 3.74. The Morgan fingerprint density at radius 2 is 1.68 bits per heavy atom. The van der Waals surface area contributed by atoms with Crippen LogP contribution in [-0.4, -0.2) is 38.3 Å². The van der Waals surface area contributed by atoms with E-state index in [4.69, 9.17) is 10.00 Å².